The van der Waals surface area contributed by atoms with E-state index in [1.807, 2.05) is 4.90 Å². The number of hydrogen-bond donors (Lipinski definition) is 2. The first-order chi connectivity index (χ1) is 15.4. The van der Waals surface area contributed by atoms with Crippen molar-refractivity contribution >= 4 is 11.8 Å². The number of rotatable bonds is 9. The van der Waals surface area contributed by atoms with E-state index in [-0.39, 0.29) is 31.3 Å². The van der Waals surface area contributed by atoms with Crippen molar-refractivity contribution in [3.63, 3.8) is 0 Å². The van der Waals surface area contributed by atoms with Gasteiger partial charge in [0.05, 0.1) is 33.8 Å². The van der Waals surface area contributed by atoms with Crippen LogP contribution in [0, 0.1) is 5.82 Å². The van der Waals surface area contributed by atoms with Crippen LogP contribution in [0.5, 0.6) is 17.2 Å². The third-order valence-corrected chi connectivity index (χ3v) is 5.35. The largest absolute Gasteiger partial charge is 0.497 e. The number of methoxy groups -OCH3 is 3. The van der Waals surface area contributed by atoms with Crippen LogP contribution in [-0.2, 0) is 22.7 Å². The van der Waals surface area contributed by atoms with Gasteiger partial charge in [-0.3, -0.25) is 14.5 Å². The average molecular weight is 445 g/mol. The monoisotopic (exact) mass is 445 g/mol. The molecular formula is C23H28FN3O5. The summed E-state index contributed by atoms with van der Waals surface area (Å²) in [7, 11) is 4.58. The SMILES string of the molecule is COc1cc(CNC(=O)C[C@H]2C(=O)NCCN2Cc2ccc(OC)cc2F)cc(OC)c1. The zero-order valence-electron chi connectivity index (χ0n) is 18.4. The summed E-state index contributed by atoms with van der Waals surface area (Å²) in [4.78, 5) is 26.9. The lowest BCUT2D eigenvalue weighted by atomic mass is 10.1. The highest BCUT2D eigenvalue weighted by Gasteiger charge is 2.32. The molecule has 1 aliphatic heterocycles. The molecule has 1 aliphatic rings. The lowest BCUT2D eigenvalue weighted by molar-refractivity contribution is -0.134. The highest BCUT2D eigenvalue weighted by atomic mass is 19.1. The Labute approximate surface area is 186 Å². The second kappa shape index (κ2) is 10.8. The summed E-state index contributed by atoms with van der Waals surface area (Å²) < 4.78 is 29.9. The van der Waals surface area contributed by atoms with Crippen molar-refractivity contribution in [1.29, 1.82) is 0 Å². The van der Waals surface area contributed by atoms with Gasteiger partial charge in [0.2, 0.25) is 11.8 Å². The van der Waals surface area contributed by atoms with Gasteiger partial charge in [0.15, 0.2) is 0 Å². The highest BCUT2D eigenvalue weighted by molar-refractivity contribution is 5.88. The molecule has 0 spiro atoms. The fourth-order valence-corrected chi connectivity index (χ4v) is 3.59. The third-order valence-electron chi connectivity index (χ3n) is 5.35. The molecule has 0 aromatic heterocycles. The van der Waals surface area contributed by atoms with Crippen molar-refractivity contribution in [3.05, 3.63) is 53.3 Å². The molecule has 2 N–H and O–H groups in total. The number of benzene rings is 2. The second-order valence-corrected chi connectivity index (χ2v) is 7.44. The van der Waals surface area contributed by atoms with Gasteiger partial charge >= 0.3 is 0 Å². The Balaban J connectivity index is 1.64. The molecule has 0 unspecified atom stereocenters. The first-order valence-electron chi connectivity index (χ1n) is 10.3. The molecule has 0 aliphatic carbocycles. The zero-order valence-corrected chi connectivity index (χ0v) is 18.4. The van der Waals surface area contributed by atoms with Crippen molar-refractivity contribution in [2.45, 2.75) is 25.6 Å². The van der Waals surface area contributed by atoms with Gasteiger partial charge in [-0.2, -0.15) is 0 Å². The van der Waals surface area contributed by atoms with E-state index < -0.39 is 11.9 Å². The van der Waals surface area contributed by atoms with Crippen molar-refractivity contribution in [1.82, 2.24) is 15.5 Å². The van der Waals surface area contributed by atoms with E-state index in [1.54, 1.807) is 44.6 Å². The molecular weight excluding hydrogens is 417 g/mol. The molecule has 32 heavy (non-hydrogen) atoms. The van der Waals surface area contributed by atoms with Crippen LogP contribution in [0.2, 0.25) is 0 Å². The first-order valence-corrected chi connectivity index (χ1v) is 10.3. The summed E-state index contributed by atoms with van der Waals surface area (Å²) in [6.07, 6.45) is -0.0370. The quantitative estimate of drug-likeness (QED) is 0.613. The van der Waals surface area contributed by atoms with E-state index >= 15 is 0 Å². The Morgan fingerprint density at radius 2 is 1.78 bits per heavy atom. The standard InChI is InChI=1S/C23H28FN3O5/c1-30-17-5-4-16(20(24)11-17)14-27-7-6-25-23(29)21(27)12-22(28)26-13-15-8-18(31-2)10-19(9-15)32-3/h4-5,8-11,21H,6-7,12-14H2,1-3H3,(H,25,29)(H,26,28)/t21-/m0/s1. The molecule has 1 atom stereocenters. The lowest BCUT2D eigenvalue weighted by Crippen LogP contribution is -2.56. The number of hydrogen-bond acceptors (Lipinski definition) is 6. The van der Waals surface area contributed by atoms with E-state index in [0.29, 0.717) is 35.9 Å². The minimum absolute atomic E-state index is 0.0370. The molecule has 1 saturated heterocycles. The number of carbonyl (C=O) groups is 2. The Bertz CT molecular complexity index is 946. The van der Waals surface area contributed by atoms with Gasteiger partial charge in [0.25, 0.3) is 0 Å². The van der Waals surface area contributed by atoms with Crippen LogP contribution in [0.25, 0.3) is 0 Å². The van der Waals surface area contributed by atoms with E-state index in [0.717, 1.165) is 5.56 Å². The first kappa shape index (κ1) is 23.3. The van der Waals surface area contributed by atoms with Gasteiger partial charge in [0.1, 0.15) is 23.1 Å². The molecule has 8 nitrogen and oxygen atoms in total. The van der Waals surface area contributed by atoms with E-state index in [2.05, 4.69) is 10.6 Å². The molecule has 1 heterocycles. The van der Waals surface area contributed by atoms with Crippen LogP contribution in [0.4, 0.5) is 4.39 Å². The van der Waals surface area contributed by atoms with Crippen molar-refractivity contribution in [2.24, 2.45) is 0 Å². The van der Waals surface area contributed by atoms with E-state index in [4.69, 9.17) is 14.2 Å². The molecule has 0 radical (unpaired) electrons. The summed E-state index contributed by atoms with van der Waals surface area (Å²) in [6.45, 7) is 1.43. The van der Waals surface area contributed by atoms with Crippen LogP contribution in [0.15, 0.2) is 36.4 Å². The highest BCUT2D eigenvalue weighted by Crippen LogP contribution is 2.23. The summed E-state index contributed by atoms with van der Waals surface area (Å²) in [5, 5.41) is 5.62. The van der Waals surface area contributed by atoms with Crippen molar-refractivity contribution in [2.75, 3.05) is 34.4 Å². The molecule has 1 fully saturated rings. The summed E-state index contributed by atoms with van der Waals surface area (Å²) in [5.74, 6) is 0.719. The summed E-state index contributed by atoms with van der Waals surface area (Å²) >= 11 is 0. The predicted molar refractivity (Wildman–Crippen MR) is 116 cm³/mol. The van der Waals surface area contributed by atoms with Gasteiger partial charge in [0, 0.05) is 43.9 Å². The van der Waals surface area contributed by atoms with Crippen molar-refractivity contribution < 1.29 is 28.2 Å². The Kier molecular flexibility index (Phi) is 7.88. The fraction of sp³-hybridized carbons (Fsp3) is 0.391. The summed E-state index contributed by atoms with van der Waals surface area (Å²) in [5.41, 5.74) is 1.24. The predicted octanol–water partition coefficient (Wildman–Crippen LogP) is 1.86. The Hall–Kier alpha value is -3.33. The molecule has 2 amide bonds. The molecule has 3 rings (SSSR count). The zero-order chi connectivity index (χ0) is 23.1. The lowest BCUT2D eigenvalue weighted by Gasteiger charge is -2.34. The summed E-state index contributed by atoms with van der Waals surface area (Å²) in [6, 6.07) is 9.27. The number of piperazine rings is 1. The number of amides is 2. The third kappa shape index (κ3) is 5.88. The van der Waals surface area contributed by atoms with Crippen LogP contribution < -0.4 is 24.8 Å². The molecule has 0 saturated carbocycles. The minimum Gasteiger partial charge on any atom is -0.497 e. The normalized spacial score (nSPS) is 16.2. The number of nitrogens with one attached hydrogen (secondary N) is 2. The van der Waals surface area contributed by atoms with Gasteiger partial charge in [-0.1, -0.05) is 6.07 Å². The molecule has 2 aromatic carbocycles. The van der Waals surface area contributed by atoms with Crippen LogP contribution >= 0.6 is 0 Å². The molecule has 9 heteroatoms. The smallest absolute Gasteiger partial charge is 0.237 e. The van der Waals surface area contributed by atoms with Gasteiger partial charge < -0.3 is 24.8 Å². The number of nitrogens with zero attached hydrogens (tertiary/aromatic N) is 1. The molecule has 2 aromatic rings. The van der Waals surface area contributed by atoms with Crippen LogP contribution in [-0.4, -0.2) is 57.2 Å². The van der Waals surface area contributed by atoms with Gasteiger partial charge in [-0.25, -0.2) is 4.39 Å². The van der Waals surface area contributed by atoms with Gasteiger partial charge in [-0.05, 0) is 23.8 Å². The maximum absolute atomic E-state index is 14.4. The Morgan fingerprint density at radius 1 is 1.09 bits per heavy atom. The second-order valence-electron chi connectivity index (χ2n) is 7.44. The van der Waals surface area contributed by atoms with Gasteiger partial charge in [-0.15, -0.1) is 0 Å². The van der Waals surface area contributed by atoms with Crippen LogP contribution in [0.3, 0.4) is 0 Å². The maximum atomic E-state index is 14.4. The number of carbonyl (C=O) groups excluding carboxylic acids is 2. The molecule has 0 bridgehead atoms. The average Bonchev–Trinajstić information content (AvgIpc) is 2.80. The topological polar surface area (TPSA) is 89.1 Å². The molecule has 172 valence electrons. The van der Waals surface area contributed by atoms with Crippen molar-refractivity contribution in [3.8, 4) is 17.2 Å². The maximum Gasteiger partial charge on any atom is 0.237 e. The van der Waals surface area contributed by atoms with E-state index in [1.165, 1.54) is 13.2 Å². The van der Waals surface area contributed by atoms with Crippen LogP contribution in [0.1, 0.15) is 17.5 Å². The number of ether oxygens (including phenoxy) is 3. The fourth-order valence-electron chi connectivity index (χ4n) is 3.59. The minimum atomic E-state index is -0.690. The number of halogens is 1. The Morgan fingerprint density at radius 3 is 2.41 bits per heavy atom. The van der Waals surface area contributed by atoms with E-state index in [9.17, 15) is 14.0 Å².